The van der Waals surface area contributed by atoms with Crippen molar-refractivity contribution < 1.29 is 19.5 Å². The minimum atomic E-state index is -1.46. The highest BCUT2D eigenvalue weighted by Crippen LogP contribution is 2.13. The number of hydrogen-bond donors (Lipinski definition) is 3. The van der Waals surface area contributed by atoms with Gasteiger partial charge in [-0.15, -0.1) is 0 Å². The van der Waals surface area contributed by atoms with Gasteiger partial charge in [0.2, 0.25) is 0 Å². The molecule has 0 fully saturated rings. The summed E-state index contributed by atoms with van der Waals surface area (Å²) in [6.45, 7) is 0. The Labute approximate surface area is 131 Å². The van der Waals surface area contributed by atoms with E-state index in [9.17, 15) is 14.4 Å². The standard InChI is InChI=1S/C16H11N3O4/c17-9-10-4-6-11(7-5-10)14(20)18-13-3-1-2-12(8-13)15(21)19-16(22)23/h1-8H,(H,18,20)(H,19,21)(H,22,23). The monoisotopic (exact) mass is 309 g/mol. The molecule has 2 aromatic rings. The summed E-state index contributed by atoms with van der Waals surface area (Å²) in [5, 5.41) is 21.6. The van der Waals surface area contributed by atoms with Gasteiger partial charge in [-0.25, -0.2) is 4.79 Å². The van der Waals surface area contributed by atoms with Crippen LogP contribution in [-0.4, -0.2) is 23.0 Å². The second-order valence-corrected chi connectivity index (χ2v) is 4.48. The van der Waals surface area contributed by atoms with E-state index in [-0.39, 0.29) is 5.56 Å². The normalized spacial score (nSPS) is 9.52. The van der Waals surface area contributed by atoms with Crippen molar-refractivity contribution in [3.05, 3.63) is 65.2 Å². The lowest BCUT2D eigenvalue weighted by Crippen LogP contribution is -2.28. The number of carboxylic acid groups (broad SMARTS) is 1. The van der Waals surface area contributed by atoms with Gasteiger partial charge in [0.15, 0.2) is 0 Å². The SMILES string of the molecule is N#Cc1ccc(C(=O)Nc2cccc(C(=O)NC(=O)O)c2)cc1. The summed E-state index contributed by atoms with van der Waals surface area (Å²) >= 11 is 0. The molecule has 0 unspecified atom stereocenters. The summed E-state index contributed by atoms with van der Waals surface area (Å²) in [6, 6.07) is 13.9. The first-order chi connectivity index (χ1) is 11.0. The number of amides is 3. The van der Waals surface area contributed by atoms with Crippen molar-refractivity contribution >= 4 is 23.6 Å². The molecule has 0 aromatic heterocycles. The number of nitrogens with one attached hydrogen (secondary N) is 2. The fourth-order valence-corrected chi connectivity index (χ4v) is 1.81. The van der Waals surface area contributed by atoms with Gasteiger partial charge in [0.05, 0.1) is 11.6 Å². The molecule has 23 heavy (non-hydrogen) atoms. The molecular formula is C16H11N3O4. The smallest absolute Gasteiger partial charge is 0.411 e. The Hall–Kier alpha value is -3.66. The summed E-state index contributed by atoms with van der Waals surface area (Å²) in [5.74, 6) is -1.20. The van der Waals surface area contributed by atoms with E-state index in [1.807, 2.05) is 6.07 Å². The van der Waals surface area contributed by atoms with Crippen molar-refractivity contribution in [3.8, 4) is 6.07 Å². The van der Waals surface area contributed by atoms with Crippen molar-refractivity contribution in [1.29, 1.82) is 5.26 Å². The minimum Gasteiger partial charge on any atom is -0.465 e. The van der Waals surface area contributed by atoms with E-state index in [2.05, 4.69) is 5.32 Å². The third-order valence-electron chi connectivity index (χ3n) is 2.88. The Kier molecular flexibility index (Phi) is 4.69. The molecule has 0 spiro atoms. The van der Waals surface area contributed by atoms with E-state index in [0.29, 0.717) is 16.8 Å². The van der Waals surface area contributed by atoms with Crippen LogP contribution in [0, 0.1) is 11.3 Å². The number of imide groups is 1. The molecule has 0 bridgehead atoms. The van der Waals surface area contributed by atoms with Gasteiger partial charge in [-0.1, -0.05) is 6.07 Å². The number of hydrogen-bond acceptors (Lipinski definition) is 4. The number of carbonyl (C=O) groups excluding carboxylic acids is 2. The lowest BCUT2D eigenvalue weighted by molar-refractivity contribution is 0.0946. The van der Waals surface area contributed by atoms with Gasteiger partial charge >= 0.3 is 6.09 Å². The van der Waals surface area contributed by atoms with Gasteiger partial charge in [-0.3, -0.25) is 14.9 Å². The van der Waals surface area contributed by atoms with Crippen LogP contribution >= 0.6 is 0 Å². The first-order valence-corrected chi connectivity index (χ1v) is 6.45. The number of anilines is 1. The van der Waals surface area contributed by atoms with Crippen LogP contribution in [0.15, 0.2) is 48.5 Å². The van der Waals surface area contributed by atoms with Crippen molar-refractivity contribution in [2.45, 2.75) is 0 Å². The zero-order valence-corrected chi connectivity index (χ0v) is 11.7. The molecule has 0 aliphatic carbocycles. The summed E-state index contributed by atoms with van der Waals surface area (Å²) < 4.78 is 0. The molecule has 2 rings (SSSR count). The molecule has 3 amide bonds. The van der Waals surface area contributed by atoms with Crippen LogP contribution in [0.5, 0.6) is 0 Å². The first kappa shape index (κ1) is 15.7. The number of nitriles is 1. The molecule has 0 heterocycles. The van der Waals surface area contributed by atoms with Gasteiger partial charge in [-0.05, 0) is 42.5 Å². The Balaban J connectivity index is 2.13. The van der Waals surface area contributed by atoms with Gasteiger partial charge in [-0.2, -0.15) is 5.26 Å². The van der Waals surface area contributed by atoms with Crippen LogP contribution in [-0.2, 0) is 0 Å². The molecule has 2 aromatic carbocycles. The zero-order chi connectivity index (χ0) is 16.8. The maximum atomic E-state index is 12.1. The molecule has 0 aliphatic heterocycles. The number of benzene rings is 2. The van der Waals surface area contributed by atoms with E-state index >= 15 is 0 Å². The summed E-state index contributed by atoms with van der Waals surface area (Å²) in [6.07, 6.45) is -1.46. The molecule has 0 saturated carbocycles. The third kappa shape index (κ3) is 4.15. The summed E-state index contributed by atoms with van der Waals surface area (Å²) in [4.78, 5) is 34.1. The Morgan fingerprint density at radius 3 is 2.26 bits per heavy atom. The number of nitrogens with zero attached hydrogens (tertiary/aromatic N) is 1. The molecular weight excluding hydrogens is 298 g/mol. The minimum absolute atomic E-state index is 0.102. The Morgan fingerprint density at radius 1 is 0.957 bits per heavy atom. The van der Waals surface area contributed by atoms with Gasteiger partial charge in [0, 0.05) is 16.8 Å². The fraction of sp³-hybridized carbons (Fsp3) is 0. The van der Waals surface area contributed by atoms with Crippen LogP contribution in [0.2, 0.25) is 0 Å². The second kappa shape index (κ2) is 6.87. The van der Waals surface area contributed by atoms with Crippen LogP contribution in [0.25, 0.3) is 0 Å². The van der Waals surface area contributed by atoms with E-state index in [0.717, 1.165) is 0 Å². The lowest BCUT2D eigenvalue weighted by Gasteiger charge is -2.07. The second-order valence-electron chi connectivity index (χ2n) is 4.48. The fourth-order valence-electron chi connectivity index (χ4n) is 1.81. The first-order valence-electron chi connectivity index (χ1n) is 6.45. The van der Waals surface area contributed by atoms with E-state index < -0.39 is 17.9 Å². The van der Waals surface area contributed by atoms with Crippen LogP contribution in [0.4, 0.5) is 10.5 Å². The van der Waals surface area contributed by atoms with Crippen LogP contribution in [0.1, 0.15) is 26.3 Å². The zero-order valence-electron chi connectivity index (χ0n) is 11.7. The number of carbonyl (C=O) groups is 3. The van der Waals surface area contributed by atoms with Crippen molar-refractivity contribution in [2.24, 2.45) is 0 Å². The summed E-state index contributed by atoms with van der Waals surface area (Å²) in [7, 11) is 0. The molecule has 7 nitrogen and oxygen atoms in total. The maximum absolute atomic E-state index is 12.1. The quantitative estimate of drug-likeness (QED) is 0.803. The highest BCUT2D eigenvalue weighted by atomic mass is 16.4. The van der Waals surface area contributed by atoms with Gasteiger partial charge < -0.3 is 10.4 Å². The summed E-state index contributed by atoms with van der Waals surface area (Å²) in [5.41, 5.74) is 1.24. The van der Waals surface area contributed by atoms with E-state index in [1.54, 1.807) is 11.4 Å². The van der Waals surface area contributed by atoms with Gasteiger partial charge in [0.1, 0.15) is 0 Å². The maximum Gasteiger partial charge on any atom is 0.411 e. The van der Waals surface area contributed by atoms with E-state index in [1.165, 1.54) is 42.5 Å². The topological polar surface area (TPSA) is 119 Å². The van der Waals surface area contributed by atoms with Crippen molar-refractivity contribution in [2.75, 3.05) is 5.32 Å². The van der Waals surface area contributed by atoms with Crippen molar-refractivity contribution in [1.82, 2.24) is 5.32 Å². The average molecular weight is 309 g/mol. The Bertz CT molecular complexity index is 807. The van der Waals surface area contributed by atoms with Crippen molar-refractivity contribution in [3.63, 3.8) is 0 Å². The van der Waals surface area contributed by atoms with E-state index in [4.69, 9.17) is 10.4 Å². The molecule has 0 atom stereocenters. The van der Waals surface area contributed by atoms with Crippen LogP contribution in [0.3, 0.4) is 0 Å². The molecule has 114 valence electrons. The lowest BCUT2D eigenvalue weighted by atomic mass is 10.1. The predicted molar refractivity (Wildman–Crippen MR) is 81.0 cm³/mol. The predicted octanol–water partition coefficient (Wildman–Crippen LogP) is 2.22. The highest BCUT2D eigenvalue weighted by molar-refractivity contribution is 6.06. The Morgan fingerprint density at radius 2 is 1.65 bits per heavy atom. The molecule has 7 heteroatoms. The van der Waals surface area contributed by atoms with Crippen LogP contribution < -0.4 is 10.6 Å². The van der Waals surface area contributed by atoms with Gasteiger partial charge in [0.25, 0.3) is 11.8 Å². The molecule has 0 radical (unpaired) electrons. The molecule has 3 N–H and O–H groups in total. The molecule has 0 aliphatic rings. The highest BCUT2D eigenvalue weighted by Gasteiger charge is 2.11. The third-order valence-corrected chi connectivity index (χ3v) is 2.88. The average Bonchev–Trinajstić information content (AvgIpc) is 2.54. The largest absolute Gasteiger partial charge is 0.465 e. The number of rotatable bonds is 3. The molecule has 0 saturated heterocycles.